The molecule has 1 fully saturated rings. The zero-order valence-corrected chi connectivity index (χ0v) is 15.2. The van der Waals surface area contributed by atoms with E-state index in [2.05, 4.69) is 16.4 Å². The highest BCUT2D eigenvalue weighted by Crippen LogP contribution is 2.36. The van der Waals surface area contributed by atoms with E-state index in [9.17, 15) is 4.79 Å². The molecule has 4 rings (SSSR count). The first-order valence-electron chi connectivity index (χ1n) is 7.78. The zero-order valence-electron chi connectivity index (χ0n) is 12.8. The van der Waals surface area contributed by atoms with Crippen molar-refractivity contribution in [3.63, 3.8) is 0 Å². The summed E-state index contributed by atoms with van der Waals surface area (Å²) in [6.45, 7) is 0.801. The lowest BCUT2D eigenvalue weighted by molar-refractivity contribution is 0.0733. The minimum Gasteiger partial charge on any atom is -0.329 e. The van der Waals surface area contributed by atoms with Crippen LogP contribution in [0, 0.1) is 0 Å². The van der Waals surface area contributed by atoms with Crippen molar-refractivity contribution in [2.24, 2.45) is 0 Å². The second-order valence-electron chi connectivity index (χ2n) is 5.72. The first kappa shape index (κ1) is 15.8. The summed E-state index contributed by atoms with van der Waals surface area (Å²) in [5.74, 6) is 0.0300. The molecule has 0 N–H and O–H groups in total. The highest BCUT2D eigenvalue weighted by atomic mass is 35.5. The molecule has 1 aliphatic rings. The van der Waals surface area contributed by atoms with Gasteiger partial charge in [0.15, 0.2) is 0 Å². The van der Waals surface area contributed by atoms with Crippen LogP contribution in [0.15, 0.2) is 47.2 Å². The molecule has 3 aromatic rings. The molecule has 0 spiro atoms. The minimum atomic E-state index is 0.0300. The Bertz CT molecular complexity index is 842. The Morgan fingerprint density at radius 3 is 2.79 bits per heavy atom. The Kier molecular flexibility index (Phi) is 4.39. The van der Waals surface area contributed by atoms with E-state index in [-0.39, 0.29) is 11.9 Å². The van der Waals surface area contributed by atoms with Gasteiger partial charge in [0, 0.05) is 27.4 Å². The fourth-order valence-corrected chi connectivity index (χ4v) is 4.83. The lowest BCUT2D eigenvalue weighted by Gasteiger charge is -2.22. The van der Waals surface area contributed by atoms with E-state index in [4.69, 9.17) is 11.6 Å². The molecule has 1 atom stereocenters. The molecule has 3 nitrogen and oxygen atoms in total. The van der Waals surface area contributed by atoms with E-state index in [0.717, 1.165) is 30.0 Å². The lowest BCUT2D eigenvalue weighted by Crippen LogP contribution is -2.30. The van der Waals surface area contributed by atoms with Gasteiger partial charge in [-0.05, 0) is 36.4 Å². The van der Waals surface area contributed by atoms with Crippen LogP contribution in [0.5, 0.6) is 0 Å². The van der Waals surface area contributed by atoms with Gasteiger partial charge in [-0.3, -0.25) is 4.79 Å². The fraction of sp³-hybridized carbons (Fsp3) is 0.222. The number of aromatic nitrogens is 1. The van der Waals surface area contributed by atoms with E-state index in [1.54, 1.807) is 11.3 Å². The van der Waals surface area contributed by atoms with Crippen molar-refractivity contribution in [3.8, 4) is 10.6 Å². The molecule has 3 heterocycles. The summed E-state index contributed by atoms with van der Waals surface area (Å²) in [6.07, 6.45) is 2.07. The van der Waals surface area contributed by atoms with Crippen LogP contribution in [-0.2, 0) is 0 Å². The maximum atomic E-state index is 12.9. The molecule has 1 saturated heterocycles. The Morgan fingerprint density at radius 2 is 2.04 bits per heavy atom. The largest absolute Gasteiger partial charge is 0.329 e. The van der Waals surface area contributed by atoms with Gasteiger partial charge in [-0.2, -0.15) is 0 Å². The molecule has 1 amide bonds. The standard InChI is InChI=1S/C18H15ClN2OS2/c19-13-7-5-12(6-8-13)17-20-14(11-24-17)18(22)21-9-1-3-15(21)16-4-2-10-23-16/h2,4-8,10-11,15H,1,3,9H2/t15-/m0/s1. The molecule has 0 aliphatic carbocycles. The molecular formula is C18H15ClN2OS2. The van der Waals surface area contributed by atoms with Crippen molar-refractivity contribution < 1.29 is 4.79 Å². The third-order valence-corrected chi connectivity index (χ3v) is 6.32. The summed E-state index contributed by atoms with van der Waals surface area (Å²) in [6, 6.07) is 11.9. The van der Waals surface area contributed by atoms with Crippen molar-refractivity contribution in [2.75, 3.05) is 6.54 Å². The molecule has 122 valence electrons. The number of benzene rings is 1. The molecule has 0 bridgehead atoms. The molecule has 0 radical (unpaired) electrons. The Balaban J connectivity index is 1.57. The third-order valence-electron chi connectivity index (χ3n) is 4.20. The van der Waals surface area contributed by atoms with Crippen molar-refractivity contribution >= 4 is 40.2 Å². The van der Waals surface area contributed by atoms with Crippen LogP contribution in [0.1, 0.15) is 34.2 Å². The number of hydrogen-bond acceptors (Lipinski definition) is 4. The van der Waals surface area contributed by atoms with Crippen LogP contribution in [0.2, 0.25) is 5.02 Å². The molecule has 1 aromatic carbocycles. The van der Waals surface area contributed by atoms with Crippen LogP contribution in [-0.4, -0.2) is 22.3 Å². The number of carbonyl (C=O) groups excluding carboxylic acids is 1. The van der Waals surface area contributed by atoms with Gasteiger partial charge in [-0.15, -0.1) is 22.7 Å². The fourth-order valence-electron chi connectivity index (χ4n) is 3.03. The number of thiazole rings is 1. The molecule has 6 heteroatoms. The predicted octanol–water partition coefficient (Wildman–Crippen LogP) is 5.50. The van der Waals surface area contributed by atoms with Gasteiger partial charge in [0.2, 0.25) is 0 Å². The average molecular weight is 375 g/mol. The summed E-state index contributed by atoms with van der Waals surface area (Å²) in [4.78, 5) is 20.7. The molecule has 0 saturated carbocycles. The number of likely N-dealkylation sites (tertiary alicyclic amines) is 1. The van der Waals surface area contributed by atoms with Crippen molar-refractivity contribution in [1.29, 1.82) is 0 Å². The maximum Gasteiger partial charge on any atom is 0.273 e. The van der Waals surface area contributed by atoms with Crippen LogP contribution >= 0.6 is 34.3 Å². The number of thiophene rings is 1. The molecular weight excluding hydrogens is 360 g/mol. The summed E-state index contributed by atoms with van der Waals surface area (Å²) in [5, 5.41) is 5.47. The number of amides is 1. The first-order valence-corrected chi connectivity index (χ1v) is 9.92. The van der Waals surface area contributed by atoms with Crippen LogP contribution in [0.25, 0.3) is 10.6 Å². The maximum absolute atomic E-state index is 12.9. The van der Waals surface area contributed by atoms with Crippen molar-refractivity contribution in [1.82, 2.24) is 9.88 Å². The van der Waals surface area contributed by atoms with Gasteiger partial charge < -0.3 is 4.90 Å². The minimum absolute atomic E-state index is 0.0300. The van der Waals surface area contributed by atoms with Crippen LogP contribution in [0.3, 0.4) is 0 Å². The van der Waals surface area contributed by atoms with Crippen LogP contribution in [0.4, 0.5) is 0 Å². The zero-order chi connectivity index (χ0) is 16.5. The van der Waals surface area contributed by atoms with Gasteiger partial charge >= 0.3 is 0 Å². The summed E-state index contributed by atoms with van der Waals surface area (Å²) >= 11 is 9.14. The third kappa shape index (κ3) is 2.99. The number of carbonyl (C=O) groups is 1. The van der Waals surface area contributed by atoms with Crippen molar-refractivity contribution in [3.05, 3.63) is 62.8 Å². The number of rotatable bonds is 3. The SMILES string of the molecule is O=C(c1csc(-c2ccc(Cl)cc2)n1)N1CCC[C@H]1c1cccs1. The normalized spacial score (nSPS) is 17.4. The molecule has 24 heavy (non-hydrogen) atoms. The Hall–Kier alpha value is -1.69. The number of hydrogen-bond donors (Lipinski definition) is 0. The number of nitrogens with zero attached hydrogens (tertiary/aromatic N) is 2. The molecule has 2 aromatic heterocycles. The van der Waals surface area contributed by atoms with Gasteiger partial charge in [0.25, 0.3) is 5.91 Å². The Morgan fingerprint density at radius 1 is 1.21 bits per heavy atom. The van der Waals surface area contributed by atoms with E-state index in [1.165, 1.54) is 16.2 Å². The van der Waals surface area contributed by atoms with Gasteiger partial charge in [0.05, 0.1) is 6.04 Å². The Labute approximate surface area is 153 Å². The summed E-state index contributed by atoms with van der Waals surface area (Å²) < 4.78 is 0. The molecule has 0 unspecified atom stereocenters. The first-order chi connectivity index (χ1) is 11.7. The average Bonchev–Trinajstić information content (AvgIpc) is 3.34. The monoisotopic (exact) mass is 374 g/mol. The summed E-state index contributed by atoms with van der Waals surface area (Å²) in [5.41, 5.74) is 1.52. The highest BCUT2D eigenvalue weighted by molar-refractivity contribution is 7.13. The van der Waals surface area contributed by atoms with E-state index in [1.807, 2.05) is 40.6 Å². The predicted molar refractivity (Wildman–Crippen MR) is 99.9 cm³/mol. The van der Waals surface area contributed by atoms with E-state index >= 15 is 0 Å². The topological polar surface area (TPSA) is 33.2 Å². The lowest BCUT2D eigenvalue weighted by atomic mass is 10.2. The number of halogens is 1. The van der Waals surface area contributed by atoms with E-state index in [0.29, 0.717) is 10.7 Å². The quantitative estimate of drug-likeness (QED) is 0.606. The summed E-state index contributed by atoms with van der Waals surface area (Å²) in [7, 11) is 0. The highest BCUT2D eigenvalue weighted by Gasteiger charge is 2.32. The van der Waals surface area contributed by atoms with Gasteiger partial charge in [-0.1, -0.05) is 29.8 Å². The van der Waals surface area contributed by atoms with Crippen LogP contribution < -0.4 is 0 Å². The van der Waals surface area contributed by atoms with Gasteiger partial charge in [-0.25, -0.2) is 4.98 Å². The second-order valence-corrected chi connectivity index (χ2v) is 7.99. The smallest absolute Gasteiger partial charge is 0.273 e. The van der Waals surface area contributed by atoms with Crippen molar-refractivity contribution in [2.45, 2.75) is 18.9 Å². The van der Waals surface area contributed by atoms with Gasteiger partial charge in [0.1, 0.15) is 10.7 Å². The second kappa shape index (κ2) is 6.67. The molecule has 1 aliphatic heterocycles. The van der Waals surface area contributed by atoms with E-state index < -0.39 is 0 Å².